The fraction of sp³-hybridized carbons (Fsp3) is 0.273. The molecule has 0 bridgehead atoms. The van der Waals surface area contributed by atoms with Crippen LogP contribution in [0.5, 0.6) is 0 Å². The van der Waals surface area contributed by atoms with Crippen molar-refractivity contribution in [3.05, 3.63) is 50.1 Å². The van der Waals surface area contributed by atoms with Crippen molar-refractivity contribution in [1.29, 1.82) is 0 Å². The van der Waals surface area contributed by atoms with Crippen molar-refractivity contribution in [2.45, 2.75) is 13.5 Å². The third-order valence-corrected chi connectivity index (χ3v) is 2.74. The van der Waals surface area contributed by atoms with Crippen LogP contribution in [0.1, 0.15) is 16.4 Å². The van der Waals surface area contributed by atoms with Gasteiger partial charge in [0.2, 0.25) is 5.76 Å². The van der Waals surface area contributed by atoms with Gasteiger partial charge in [0.25, 0.3) is 0 Å². The van der Waals surface area contributed by atoms with Gasteiger partial charge in [-0.2, -0.15) is 0 Å². The Morgan fingerprint density at radius 2 is 2.09 bits per heavy atom. The minimum absolute atomic E-state index is 0.0245. The maximum atomic E-state index is 11.6. The average molecular weight is 310 g/mol. The van der Waals surface area contributed by atoms with Crippen LogP contribution in [-0.2, 0) is 11.3 Å². The van der Waals surface area contributed by atoms with Crippen LogP contribution >= 0.6 is 0 Å². The van der Waals surface area contributed by atoms with E-state index in [1.54, 1.807) is 6.92 Å². The molecule has 2 aromatic rings. The SMILES string of the molecule is Cc1ncc([N+](=O)[O-])n1CCOC(=O)c1ccc([N+](=O)[O-])o1. The number of carbonyl (C=O) groups is 1. The number of hydrogen-bond acceptors (Lipinski definition) is 8. The predicted molar refractivity (Wildman–Crippen MR) is 69.3 cm³/mol. The second-order valence-electron chi connectivity index (χ2n) is 4.10. The van der Waals surface area contributed by atoms with Crippen LogP contribution < -0.4 is 0 Å². The van der Waals surface area contributed by atoms with E-state index >= 15 is 0 Å². The van der Waals surface area contributed by atoms with Crippen LogP contribution in [0.2, 0.25) is 0 Å². The van der Waals surface area contributed by atoms with Crippen molar-refractivity contribution < 1.29 is 23.8 Å². The van der Waals surface area contributed by atoms with Gasteiger partial charge in [-0.15, -0.1) is 0 Å². The van der Waals surface area contributed by atoms with Crippen LogP contribution in [0.3, 0.4) is 0 Å². The number of aromatic nitrogens is 2. The number of ether oxygens (including phenoxy) is 1. The summed E-state index contributed by atoms with van der Waals surface area (Å²) in [5, 5.41) is 21.2. The molecule has 0 aromatic carbocycles. The van der Waals surface area contributed by atoms with Gasteiger partial charge in [-0.05, 0) is 11.0 Å². The maximum absolute atomic E-state index is 11.6. The molecule has 0 saturated carbocycles. The molecule has 11 heteroatoms. The van der Waals surface area contributed by atoms with E-state index < -0.39 is 21.7 Å². The van der Waals surface area contributed by atoms with Gasteiger partial charge in [-0.25, -0.2) is 14.3 Å². The highest BCUT2D eigenvalue weighted by Crippen LogP contribution is 2.17. The molecule has 11 nitrogen and oxygen atoms in total. The molecule has 0 saturated heterocycles. The Balaban J connectivity index is 1.96. The van der Waals surface area contributed by atoms with Crippen molar-refractivity contribution in [2.75, 3.05) is 6.61 Å². The van der Waals surface area contributed by atoms with Crippen LogP contribution in [0.25, 0.3) is 0 Å². The molecule has 22 heavy (non-hydrogen) atoms. The zero-order valence-electron chi connectivity index (χ0n) is 11.3. The standard InChI is InChI=1S/C11H10N4O7/c1-7-12-6-9(14(17)18)13(7)4-5-21-11(16)8-2-3-10(22-8)15(19)20/h2-3,6H,4-5H2,1H3. The molecule has 0 aliphatic carbocycles. The van der Waals surface area contributed by atoms with E-state index in [9.17, 15) is 25.0 Å². The zero-order chi connectivity index (χ0) is 16.3. The number of carbonyl (C=O) groups excluding carboxylic acids is 1. The molecule has 116 valence electrons. The summed E-state index contributed by atoms with van der Waals surface area (Å²) in [6, 6.07) is 2.15. The summed E-state index contributed by atoms with van der Waals surface area (Å²) in [7, 11) is 0. The normalized spacial score (nSPS) is 10.4. The number of hydrogen-bond donors (Lipinski definition) is 0. The van der Waals surface area contributed by atoms with E-state index in [0.29, 0.717) is 5.82 Å². The Kier molecular flexibility index (Phi) is 4.15. The van der Waals surface area contributed by atoms with E-state index in [2.05, 4.69) is 9.40 Å². The predicted octanol–water partition coefficient (Wildman–Crippen LogP) is 1.46. The molecule has 2 heterocycles. The van der Waals surface area contributed by atoms with E-state index in [1.807, 2.05) is 0 Å². The lowest BCUT2D eigenvalue weighted by molar-refractivity contribution is -0.402. The Labute approximate surface area is 122 Å². The van der Waals surface area contributed by atoms with E-state index in [1.165, 1.54) is 4.57 Å². The molecular formula is C11H10N4O7. The Morgan fingerprint density at radius 3 is 2.68 bits per heavy atom. The largest absolute Gasteiger partial charge is 0.456 e. The molecule has 0 fully saturated rings. The first-order valence-electron chi connectivity index (χ1n) is 5.98. The number of furan rings is 1. The van der Waals surface area contributed by atoms with Crippen molar-refractivity contribution in [2.24, 2.45) is 0 Å². The molecule has 0 unspecified atom stereocenters. The summed E-state index contributed by atoms with van der Waals surface area (Å²) in [6.45, 7) is 1.42. The molecule has 2 rings (SSSR count). The number of rotatable bonds is 6. The van der Waals surface area contributed by atoms with Crippen molar-refractivity contribution in [3.8, 4) is 0 Å². The van der Waals surface area contributed by atoms with Crippen LogP contribution in [0, 0.1) is 27.2 Å². The second kappa shape index (κ2) is 6.03. The van der Waals surface area contributed by atoms with Gasteiger partial charge < -0.3 is 19.3 Å². The summed E-state index contributed by atoms with van der Waals surface area (Å²) in [4.78, 5) is 35.2. The van der Waals surface area contributed by atoms with Crippen molar-refractivity contribution in [3.63, 3.8) is 0 Å². The van der Waals surface area contributed by atoms with Crippen LogP contribution in [0.15, 0.2) is 22.7 Å². The van der Waals surface area contributed by atoms with Gasteiger partial charge in [-0.1, -0.05) is 0 Å². The molecule has 0 spiro atoms. The number of esters is 1. The average Bonchev–Trinajstić information content (AvgIpc) is 3.06. The fourth-order valence-electron chi connectivity index (χ4n) is 1.71. The van der Waals surface area contributed by atoms with Crippen LogP contribution in [-0.4, -0.2) is 32.0 Å². The molecule has 0 atom stereocenters. The molecule has 0 radical (unpaired) electrons. The summed E-state index contributed by atoms with van der Waals surface area (Å²) in [6.07, 6.45) is 1.10. The first-order chi connectivity index (χ1) is 10.4. The second-order valence-corrected chi connectivity index (χ2v) is 4.10. The first kappa shape index (κ1) is 15.2. The van der Waals surface area contributed by atoms with Gasteiger partial charge in [0.05, 0.1) is 6.07 Å². The van der Waals surface area contributed by atoms with Crippen molar-refractivity contribution >= 4 is 17.7 Å². The van der Waals surface area contributed by atoms with E-state index in [4.69, 9.17) is 4.74 Å². The fourth-order valence-corrected chi connectivity index (χ4v) is 1.71. The molecule has 2 aromatic heterocycles. The molecule has 0 aliphatic rings. The highest BCUT2D eigenvalue weighted by atomic mass is 16.7. The number of imidazole rings is 1. The monoisotopic (exact) mass is 310 g/mol. The van der Waals surface area contributed by atoms with Gasteiger partial charge >= 0.3 is 17.7 Å². The van der Waals surface area contributed by atoms with Crippen LogP contribution in [0.4, 0.5) is 11.7 Å². The topological polar surface area (TPSA) is 144 Å². The maximum Gasteiger partial charge on any atom is 0.433 e. The summed E-state index contributed by atoms with van der Waals surface area (Å²) >= 11 is 0. The highest BCUT2D eigenvalue weighted by Gasteiger charge is 2.20. The van der Waals surface area contributed by atoms with Gasteiger partial charge in [0.15, 0.2) is 5.82 Å². The Morgan fingerprint density at radius 1 is 1.36 bits per heavy atom. The molecular weight excluding hydrogens is 300 g/mol. The Hall–Kier alpha value is -3.24. The highest BCUT2D eigenvalue weighted by molar-refractivity contribution is 5.86. The first-order valence-corrected chi connectivity index (χ1v) is 5.98. The van der Waals surface area contributed by atoms with Crippen molar-refractivity contribution in [1.82, 2.24) is 9.55 Å². The minimum atomic E-state index is -0.895. The van der Waals surface area contributed by atoms with Gasteiger partial charge in [0, 0.05) is 6.92 Å². The lowest BCUT2D eigenvalue weighted by atomic mass is 10.4. The summed E-state index contributed by atoms with van der Waals surface area (Å²) in [5.41, 5.74) is 0. The summed E-state index contributed by atoms with van der Waals surface area (Å²) < 4.78 is 10.8. The third-order valence-electron chi connectivity index (χ3n) is 2.74. The molecule has 0 aliphatic heterocycles. The van der Waals surface area contributed by atoms with E-state index in [-0.39, 0.29) is 24.7 Å². The lowest BCUT2D eigenvalue weighted by Crippen LogP contribution is -2.13. The number of aryl methyl sites for hydroxylation is 1. The lowest BCUT2D eigenvalue weighted by Gasteiger charge is -2.03. The van der Waals surface area contributed by atoms with Gasteiger partial charge in [0.1, 0.15) is 24.3 Å². The number of nitro groups is 2. The van der Waals surface area contributed by atoms with Gasteiger partial charge in [-0.3, -0.25) is 10.1 Å². The smallest absolute Gasteiger partial charge is 0.433 e. The molecule has 0 N–H and O–H groups in total. The zero-order valence-corrected chi connectivity index (χ0v) is 11.3. The minimum Gasteiger partial charge on any atom is -0.456 e. The Bertz CT molecular complexity index is 733. The quantitative estimate of drug-likeness (QED) is 0.443. The summed E-state index contributed by atoms with van der Waals surface area (Å²) in [5.74, 6) is -1.61. The van der Waals surface area contributed by atoms with E-state index in [0.717, 1.165) is 18.3 Å². The molecule has 0 amide bonds. The third kappa shape index (κ3) is 3.08. The number of nitrogens with zero attached hydrogens (tertiary/aromatic N) is 4.